The number of fused-ring (bicyclic) bond motifs is 1. The zero-order chi connectivity index (χ0) is 16.4. The molecular weight excluding hydrogens is 318 g/mol. The van der Waals surface area contributed by atoms with Crippen molar-refractivity contribution in [3.8, 4) is 11.5 Å². The summed E-state index contributed by atoms with van der Waals surface area (Å²) in [4.78, 5) is 1.31. The van der Waals surface area contributed by atoms with E-state index in [1.807, 2.05) is 6.07 Å². The van der Waals surface area contributed by atoms with Crippen molar-refractivity contribution in [2.24, 2.45) is 5.92 Å². The Balaban J connectivity index is 1.48. The lowest BCUT2D eigenvalue weighted by Crippen LogP contribution is -2.23. The fourth-order valence-corrected chi connectivity index (χ4v) is 3.62. The van der Waals surface area contributed by atoms with Crippen molar-refractivity contribution < 1.29 is 9.47 Å². The van der Waals surface area contributed by atoms with Gasteiger partial charge in [-0.25, -0.2) is 0 Å². The Bertz CT molecular complexity index is 697. The quantitative estimate of drug-likeness (QED) is 0.788. The zero-order valence-electron chi connectivity index (χ0n) is 14.0. The first-order chi connectivity index (χ1) is 11.8. The van der Waals surface area contributed by atoms with Crippen LogP contribution in [0, 0.1) is 5.92 Å². The molecule has 24 heavy (non-hydrogen) atoms. The van der Waals surface area contributed by atoms with Gasteiger partial charge in [0.25, 0.3) is 0 Å². The van der Waals surface area contributed by atoms with E-state index in [1.54, 1.807) is 11.8 Å². The minimum absolute atomic E-state index is 0.390. The standard InChI is InChI=1S/C20H23NO2S/c1-24-17-7-2-14(3-8-17)13-21-20(15-4-5-15)16-6-9-18-19(12-16)23-11-10-22-18/h2-3,6-9,12,15,20-21H,4-5,10-11,13H2,1H3. The number of thioether (sulfide) groups is 1. The molecule has 0 saturated heterocycles. The highest BCUT2D eigenvalue weighted by molar-refractivity contribution is 7.98. The normalized spacial score (nSPS) is 17.5. The Morgan fingerprint density at radius 2 is 1.79 bits per heavy atom. The molecule has 0 spiro atoms. The lowest BCUT2D eigenvalue weighted by molar-refractivity contribution is 0.171. The summed E-state index contributed by atoms with van der Waals surface area (Å²) in [5.74, 6) is 2.49. The minimum atomic E-state index is 0.390. The van der Waals surface area contributed by atoms with Crippen molar-refractivity contribution in [1.29, 1.82) is 0 Å². The molecule has 1 N–H and O–H groups in total. The van der Waals surface area contributed by atoms with Crippen molar-refractivity contribution in [3.63, 3.8) is 0 Å². The largest absolute Gasteiger partial charge is 0.486 e. The van der Waals surface area contributed by atoms with E-state index in [2.05, 4.69) is 48.0 Å². The third-order valence-electron chi connectivity index (χ3n) is 4.70. The first-order valence-corrected chi connectivity index (χ1v) is 9.82. The van der Waals surface area contributed by atoms with Gasteiger partial charge in [0.15, 0.2) is 11.5 Å². The molecule has 1 heterocycles. The highest BCUT2D eigenvalue weighted by atomic mass is 32.2. The fraction of sp³-hybridized carbons (Fsp3) is 0.400. The van der Waals surface area contributed by atoms with Gasteiger partial charge in [0.05, 0.1) is 0 Å². The van der Waals surface area contributed by atoms with E-state index in [1.165, 1.54) is 28.9 Å². The van der Waals surface area contributed by atoms with Crippen LogP contribution in [0.15, 0.2) is 47.4 Å². The summed E-state index contributed by atoms with van der Waals surface area (Å²) in [6.45, 7) is 2.17. The van der Waals surface area contributed by atoms with Crippen molar-refractivity contribution in [1.82, 2.24) is 5.32 Å². The predicted molar refractivity (Wildman–Crippen MR) is 98.0 cm³/mol. The van der Waals surface area contributed by atoms with Crippen molar-refractivity contribution in [2.75, 3.05) is 19.5 Å². The molecule has 4 rings (SSSR count). The highest BCUT2D eigenvalue weighted by Crippen LogP contribution is 2.43. The maximum absolute atomic E-state index is 5.75. The summed E-state index contributed by atoms with van der Waals surface area (Å²) in [5, 5.41) is 3.76. The number of ether oxygens (including phenoxy) is 2. The second-order valence-corrected chi connectivity index (χ2v) is 7.33. The molecule has 2 aromatic rings. The maximum Gasteiger partial charge on any atom is 0.161 e. The van der Waals surface area contributed by atoms with E-state index < -0.39 is 0 Å². The third kappa shape index (κ3) is 3.55. The van der Waals surface area contributed by atoms with Crippen molar-refractivity contribution >= 4 is 11.8 Å². The highest BCUT2D eigenvalue weighted by Gasteiger charge is 2.32. The van der Waals surface area contributed by atoms with Crippen LogP contribution in [0.5, 0.6) is 11.5 Å². The van der Waals surface area contributed by atoms with Crippen LogP contribution in [0.4, 0.5) is 0 Å². The van der Waals surface area contributed by atoms with E-state index >= 15 is 0 Å². The van der Waals surface area contributed by atoms with Crippen LogP contribution in [0.2, 0.25) is 0 Å². The lowest BCUT2D eigenvalue weighted by Gasteiger charge is -2.23. The van der Waals surface area contributed by atoms with Gasteiger partial charge in [0, 0.05) is 17.5 Å². The van der Waals surface area contributed by atoms with Gasteiger partial charge in [-0.2, -0.15) is 0 Å². The summed E-state index contributed by atoms with van der Waals surface area (Å²) >= 11 is 1.78. The summed E-state index contributed by atoms with van der Waals surface area (Å²) in [6, 6.07) is 15.6. The summed E-state index contributed by atoms with van der Waals surface area (Å²) in [6.07, 6.45) is 4.72. The Kier molecular flexibility index (Phi) is 4.67. The average Bonchev–Trinajstić information content (AvgIpc) is 3.47. The molecule has 0 bridgehead atoms. The summed E-state index contributed by atoms with van der Waals surface area (Å²) in [5.41, 5.74) is 2.64. The molecule has 2 aromatic carbocycles. The minimum Gasteiger partial charge on any atom is -0.486 e. The van der Waals surface area contributed by atoms with E-state index in [4.69, 9.17) is 9.47 Å². The molecule has 0 radical (unpaired) electrons. The van der Waals surface area contributed by atoms with Crippen LogP contribution in [-0.4, -0.2) is 19.5 Å². The molecule has 1 unspecified atom stereocenters. The van der Waals surface area contributed by atoms with Gasteiger partial charge >= 0.3 is 0 Å². The molecule has 126 valence electrons. The zero-order valence-corrected chi connectivity index (χ0v) is 14.8. The summed E-state index contributed by atoms with van der Waals surface area (Å²) < 4.78 is 11.4. The van der Waals surface area contributed by atoms with Crippen LogP contribution < -0.4 is 14.8 Å². The number of hydrogen-bond donors (Lipinski definition) is 1. The topological polar surface area (TPSA) is 30.5 Å². The van der Waals surface area contributed by atoms with Crippen LogP contribution in [-0.2, 0) is 6.54 Å². The molecule has 3 nitrogen and oxygen atoms in total. The Morgan fingerprint density at radius 1 is 1.04 bits per heavy atom. The molecule has 1 atom stereocenters. The smallest absolute Gasteiger partial charge is 0.161 e. The lowest BCUT2D eigenvalue weighted by atomic mass is 10.0. The number of nitrogens with one attached hydrogen (secondary N) is 1. The second-order valence-electron chi connectivity index (χ2n) is 6.45. The molecule has 1 fully saturated rings. The molecule has 0 aromatic heterocycles. The molecule has 2 aliphatic rings. The molecular formula is C20H23NO2S. The van der Waals surface area contributed by atoms with Crippen LogP contribution in [0.1, 0.15) is 30.0 Å². The average molecular weight is 341 g/mol. The molecule has 1 aliphatic carbocycles. The van der Waals surface area contributed by atoms with Crippen LogP contribution in [0.25, 0.3) is 0 Å². The van der Waals surface area contributed by atoms with E-state index in [9.17, 15) is 0 Å². The molecule has 1 saturated carbocycles. The Labute approximate surface area is 147 Å². The second kappa shape index (κ2) is 7.08. The van der Waals surface area contributed by atoms with E-state index in [-0.39, 0.29) is 0 Å². The van der Waals surface area contributed by atoms with E-state index in [0.717, 1.165) is 24.0 Å². The SMILES string of the molecule is CSc1ccc(CNC(c2ccc3c(c2)OCCO3)C2CC2)cc1. The number of benzene rings is 2. The Morgan fingerprint density at radius 3 is 2.50 bits per heavy atom. The number of rotatable bonds is 6. The van der Waals surface area contributed by atoms with Gasteiger partial charge < -0.3 is 14.8 Å². The van der Waals surface area contributed by atoms with Crippen LogP contribution in [0.3, 0.4) is 0 Å². The van der Waals surface area contributed by atoms with Gasteiger partial charge in [0.1, 0.15) is 13.2 Å². The van der Waals surface area contributed by atoms with Gasteiger partial charge in [-0.05, 0) is 60.4 Å². The van der Waals surface area contributed by atoms with Gasteiger partial charge in [0.2, 0.25) is 0 Å². The third-order valence-corrected chi connectivity index (χ3v) is 5.45. The van der Waals surface area contributed by atoms with Crippen LogP contribution >= 0.6 is 11.8 Å². The monoisotopic (exact) mass is 341 g/mol. The molecule has 0 amide bonds. The molecule has 4 heteroatoms. The summed E-state index contributed by atoms with van der Waals surface area (Å²) in [7, 11) is 0. The first-order valence-electron chi connectivity index (χ1n) is 8.59. The van der Waals surface area contributed by atoms with Gasteiger partial charge in [-0.1, -0.05) is 18.2 Å². The first kappa shape index (κ1) is 15.9. The fourth-order valence-electron chi connectivity index (χ4n) is 3.21. The van der Waals surface area contributed by atoms with Crippen molar-refractivity contribution in [2.45, 2.75) is 30.3 Å². The Hall–Kier alpha value is -1.65. The van der Waals surface area contributed by atoms with E-state index in [0.29, 0.717) is 19.3 Å². The predicted octanol–water partition coefficient (Wildman–Crippen LogP) is 4.42. The maximum atomic E-state index is 5.75. The van der Waals surface area contributed by atoms with Gasteiger partial charge in [-0.3, -0.25) is 0 Å². The number of hydrogen-bond acceptors (Lipinski definition) is 4. The van der Waals surface area contributed by atoms with Crippen molar-refractivity contribution in [3.05, 3.63) is 53.6 Å². The molecule has 1 aliphatic heterocycles. The van der Waals surface area contributed by atoms with Gasteiger partial charge in [-0.15, -0.1) is 11.8 Å².